The smallest absolute Gasteiger partial charge is 0.223 e. The monoisotopic (exact) mass is 407 g/mol. The van der Waals surface area contributed by atoms with Crippen LogP contribution in [0.4, 0.5) is 5.69 Å². The van der Waals surface area contributed by atoms with Crippen molar-refractivity contribution in [2.75, 3.05) is 36.8 Å². The van der Waals surface area contributed by atoms with E-state index in [0.717, 1.165) is 18.7 Å². The van der Waals surface area contributed by atoms with Crippen molar-refractivity contribution in [2.45, 2.75) is 52.0 Å². The van der Waals surface area contributed by atoms with Crippen LogP contribution < -0.4 is 10.2 Å². The zero-order valence-electron chi connectivity index (χ0n) is 17.1. The van der Waals surface area contributed by atoms with E-state index in [9.17, 15) is 13.2 Å². The molecule has 2 aliphatic heterocycles. The summed E-state index contributed by atoms with van der Waals surface area (Å²) in [6, 6.07) is 8.45. The Morgan fingerprint density at radius 3 is 2.25 bits per heavy atom. The number of carbonyl (C=O) groups is 1. The van der Waals surface area contributed by atoms with Gasteiger partial charge in [-0.05, 0) is 63.6 Å². The normalized spacial score (nSPS) is 20.7. The SMILES string of the molecule is CCS(=O)(=O)N1CCC(C(=O)N[C@H](C)c2ccc(N3CCCCC3)cc2)CC1. The second-order valence-electron chi connectivity index (χ2n) is 7.94. The van der Waals surface area contributed by atoms with E-state index >= 15 is 0 Å². The molecule has 0 aromatic heterocycles. The van der Waals surface area contributed by atoms with Gasteiger partial charge < -0.3 is 10.2 Å². The van der Waals surface area contributed by atoms with Gasteiger partial charge in [0.2, 0.25) is 15.9 Å². The molecule has 156 valence electrons. The predicted octanol–water partition coefficient (Wildman–Crippen LogP) is 2.92. The molecule has 2 heterocycles. The van der Waals surface area contributed by atoms with Crippen LogP contribution in [0.25, 0.3) is 0 Å². The summed E-state index contributed by atoms with van der Waals surface area (Å²) in [5, 5.41) is 3.11. The molecule has 0 radical (unpaired) electrons. The number of carbonyl (C=O) groups excluding carboxylic acids is 1. The molecule has 7 heteroatoms. The molecule has 1 amide bonds. The Balaban J connectivity index is 1.51. The van der Waals surface area contributed by atoms with E-state index in [1.807, 2.05) is 6.92 Å². The average Bonchev–Trinajstić information content (AvgIpc) is 2.74. The molecule has 28 heavy (non-hydrogen) atoms. The van der Waals surface area contributed by atoms with Crippen LogP contribution in [-0.2, 0) is 14.8 Å². The summed E-state index contributed by atoms with van der Waals surface area (Å²) in [6.07, 6.45) is 5.01. The number of hydrogen-bond donors (Lipinski definition) is 1. The summed E-state index contributed by atoms with van der Waals surface area (Å²) >= 11 is 0. The fourth-order valence-corrected chi connectivity index (χ4v) is 5.25. The highest BCUT2D eigenvalue weighted by Crippen LogP contribution is 2.24. The largest absolute Gasteiger partial charge is 0.372 e. The fourth-order valence-electron chi connectivity index (χ4n) is 4.12. The number of nitrogens with zero attached hydrogens (tertiary/aromatic N) is 2. The second kappa shape index (κ2) is 9.27. The molecule has 6 nitrogen and oxygen atoms in total. The molecular weight excluding hydrogens is 374 g/mol. The van der Waals surface area contributed by atoms with Gasteiger partial charge in [0.05, 0.1) is 11.8 Å². The topological polar surface area (TPSA) is 69.7 Å². The van der Waals surface area contributed by atoms with Crippen LogP contribution >= 0.6 is 0 Å². The zero-order valence-corrected chi connectivity index (χ0v) is 17.9. The molecule has 0 spiro atoms. The maximum atomic E-state index is 12.6. The number of benzene rings is 1. The van der Waals surface area contributed by atoms with Gasteiger partial charge in [0.15, 0.2) is 0 Å². The van der Waals surface area contributed by atoms with Gasteiger partial charge in [-0.25, -0.2) is 12.7 Å². The molecule has 0 bridgehead atoms. The molecule has 1 atom stereocenters. The number of hydrogen-bond acceptors (Lipinski definition) is 4. The van der Waals surface area contributed by atoms with Crippen LogP contribution in [0.3, 0.4) is 0 Å². The predicted molar refractivity (Wildman–Crippen MR) is 113 cm³/mol. The molecule has 2 fully saturated rings. The van der Waals surface area contributed by atoms with Gasteiger partial charge in [-0.1, -0.05) is 12.1 Å². The van der Waals surface area contributed by atoms with Crippen molar-refractivity contribution in [3.63, 3.8) is 0 Å². The highest BCUT2D eigenvalue weighted by atomic mass is 32.2. The first kappa shape index (κ1) is 21.1. The van der Waals surface area contributed by atoms with Crippen LogP contribution in [0.5, 0.6) is 0 Å². The lowest BCUT2D eigenvalue weighted by Crippen LogP contribution is -2.43. The molecular formula is C21H33N3O3S. The van der Waals surface area contributed by atoms with Gasteiger partial charge in [-0.15, -0.1) is 0 Å². The molecule has 0 saturated carbocycles. The summed E-state index contributed by atoms with van der Waals surface area (Å²) in [7, 11) is -3.15. The number of anilines is 1. The lowest BCUT2D eigenvalue weighted by Gasteiger charge is -2.31. The van der Waals surface area contributed by atoms with Gasteiger partial charge in [-0.3, -0.25) is 4.79 Å². The van der Waals surface area contributed by atoms with Gasteiger partial charge in [-0.2, -0.15) is 0 Å². The molecule has 0 aliphatic carbocycles. The lowest BCUT2D eigenvalue weighted by atomic mass is 9.96. The minimum absolute atomic E-state index is 0.0288. The first-order valence-electron chi connectivity index (χ1n) is 10.5. The fraction of sp³-hybridized carbons (Fsp3) is 0.667. The molecule has 3 rings (SSSR count). The third-order valence-corrected chi connectivity index (χ3v) is 7.94. The first-order chi connectivity index (χ1) is 13.4. The van der Waals surface area contributed by atoms with Crippen molar-refractivity contribution in [3.8, 4) is 0 Å². The molecule has 2 aliphatic rings. The standard InChI is InChI=1S/C21H33N3O3S/c1-3-28(26,27)24-15-11-19(12-16-24)21(25)22-17(2)18-7-9-20(10-8-18)23-13-5-4-6-14-23/h7-10,17,19H,3-6,11-16H2,1-2H3,(H,22,25)/t17-/m1/s1. The van der Waals surface area contributed by atoms with Gasteiger partial charge >= 0.3 is 0 Å². The van der Waals surface area contributed by atoms with E-state index < -0.39 is 10.0 Å². The van der Waals surface area contributed by atoms with E-state index in [0.29, 0.717) is 25.9 Å². The van der Waals surface area contributed by atoms with E-state index in [1.165, 1.54) is 29.3 Å². The second-order valence-corrected chi connectivity index (χ2v) is 10.2. The summed E-state index contributed by atoms with van der Waals surface area (Å²) in [5.41, 5.74) is 2.35. The minimum atomic E-state index is -3.15. The van der Waals surface area contributed by atoms with Crippen molar-refractivity contribution in [1.29, 1.82) is 0 Å². The number of piperidine rings is 2. The van der Waals surface area contributed by atoms with Gasteiger partial charge in [0.1, 0.15) is 0 Å². The Kier molecular flexibility index (Phi) is 6.99. The Labute approximate surface area is 169 Å². The van der Waals surface area contributed by atoms with E-state index in [2.05, 4.69) is 34.5 Å². The van der Waals surface area contributed by atoms with E-state index in [1.54, 1.807) is 6.92 Å². The molecule has 1 N–H and O–H groups in total. The Hall–Kier alpha value is -1.60. The van der Waals surface area contributed by atoms with E-state index in [4.69, 9.17) is 0 Å². The quantitative estimate of drug-likeness (QED) is 0.787. The maximum absolute atomic E-state index is 12.6. The van der Waals surface area contributed by atoms with Crippen molar-refractivity contribution < 1.29 is 13.2 Å². The lowest BCUT2D eigenvalue weighted by molar-refractivity contribution is -0.126. The number of nitrogens with one attached hydrogen (secondary N) is 1. The molecule has 1 aromatic rings. The minimum Gasteiger partial charge on any atom is -0.372 e. The number of sulfonamides is 1. The molecule has 1 aromatic carbocycles. The summed E-state index contributed by atoms with van der Waals surface area (Å²) in [5.74, 6) is 0.0356. The van der Waals surface area contributed by atoms with Crippen molar-refractivity contribution in [3.05, 3.63) is 29.8 Å². The zero-order chi connectivity index (χ0) is 20.1. The third-order valence-electron chi connectivity index (χ3n) is 6.06. The highest BCUT2D eigenvalue weighted by Gasteiger charge is 2.30. The first-order valence-corrected chi connectivity index (χ1v) is 12.1. The number of rotatable bonds is 6. The van der Waals surface area contributed by atoms with Crippen LogP contribution in [-0.4, -0.2) is 50.6 Å². The van der Waals surface area contributed by atoms with Crippen LogP contribution in [0.1, 0.15) is 57.6 Å². The maximum Gasteiger partial charge on any atom is 0.223 e. The van der Waals surface area contributed by atoms with Crippen LogP contribution in [0.2, 0.25) is 0 Å². The average molecular weight is 408 g/mol. The summed E-state index contributed by atoms with van der Waals surface area (Å²) in [6.45, 7) is 6.79. The van der Waals surface area contributed by atoms with Gasteiger partial charge in [0.25, 0.3) is 0 Å². The van der Waals surface area contributed by atoms with Crippen LogP contribution in [0, 0.1) is 5.92 Å². The Morgan fingerprint density at radius 2 is 1.68 bits per heavy atom. The van der Waals surface area contributed by atoms with E-state index in [-0.39, 0.29) is 23.6 Å². The highest BCUT2D eigenvalue weighted by molar-refractivity contribution is 7.89. The molecule has 0 unspecified atom stereocenters. The van der Waals surface area contributed by atoms with Crippen molar-refractivity contribution in [1.82, 2.24) is 9.62 Å². The van der Waals surface area contributed by atoms with Gasteiger partial charge in [0, 0.05) is 37.8 Å². The third kappa shape index (κ3) is 5.06. The number of amides is 1. The van der Waals surface area contributed by atoms with Crippen LogP contribution in [0.15, 0.2) is 24.3 Å². The summed E-state index contributed by atoms with van der Waals surface area (Å²) < 4.78 is 25.4. The van der Waals surface area contributed by atoms with Crippen molar-refractivity contribution >= 4 is 21.6 Å². The molecule has 2 saturated heterocycles. The Bertz CT molecular complexity index is 750. The summed E-state index contributed by atoms with van der Waals surface area (Å²) in [4.78, 5) is 15.1. The van der Waals surface area contributed by atoms with Crippen molar-refractivity contribution in [2.24, 2.45) is 5.92 Å². The Morgan fingerprint density at radius 1 is 1.07 bits per heavy atom.